The molecule has 0 bridgehead atoms. The van der Waals surface area contributed by atoms with Crippen LogP contribution in [0.15, 0.2) is 0 Å². The van der Waals surface area contributed by atoms with Crippen molar-refractivity contribution in [2.45, 2.75) is 44.6 Å². The molecule has 76 valence electrons. The zero-order valence-corrected chi connectivity index (χ0v) is 8.24. The quantitative estimate of drug-likeness (QED) is 0.711. The van der Waals surface area contributed by atoms with Crippen molar-refractivity contribution in [2.24, 2.45) is 11.8 Å². The Hall–Kier alpha value is -0.0800. The first-order valence-corrected chi connectivity index (χ1v) is 5.64. The Morgan fingerprint density at radius 1 is 1.08 bits per heavy atom. The van der Waals surface area contributed by atoms with E-state index in [1.165, 1.54) is 32.1 Å². The normalized spacial score (nSPS) is 36.7. The average molecular weight is 184 g/mol. The van der Waals surface area contributed by atoms with E-state index >= 15 is 0 Å². The maximum Gasteiger partial charge on any atom is 0.0654 e. The van der Waals surface area contributed by atoms with E-state index in [4.69, 9.17) is 4.74 Å². The van der Waals surface area contributed by atoms with E-state index in [1.54, 1.807) is 0 Å². The van der Waals surface area contributed by atoms with Crippen LogP contribution in [0.25, 0.3) is 0 Å². The summed E-state index contributed by atoms with van der Waals surface area (Å²) in [6, 6.07) is 0. The van der Waals surface area contributed by atoms with Gasteiger partial charge in [-0.05, 0) is 25.2 Å². The third-order valence-electron chi connectivity index (χ3n) is 3.61. The molecule has 1 saturated heterocycles. The highest BCUT2D eigenvalue weighted by Gasteiger charge is 2.34. The number of aliphatic hydroxyl groups excluding tert-OH is 1. The van der Waals surface area contributed by atoms with Crippen LogP contribution in [0.3, 0.4) is 0 Å². The van der Waals surface area contributed by atoms with E-state index in [2.05, 4.69) is 0 Å². The van der Waals surface area contributed by atoms with Gasteiger partial charge in [-0.3, -0.25) is 0 Å². The zero-order valence-electron chi connectivity index (χ0n) is 8.24. The van der Waals surface area contributed by atoms with E-state index in [0.29, 0.717) is 18.6 Å². The molecule has 1 heterocycles. The van der Waals surface area contributed by atoms with Gasteiger partial charge in [0.05, 0.1) is 6.10 Å². The van der Waals surface area contributed by atoms with Crippen LogP contribution in [0.5, 0.6) is 0 Å². The smallest absolute Gasteiger partial charge is 0.0654 e. The molecular weight excluding hydrogens is 164 g/mol. The van der Waals surface area contributed by atoms with E-state index < -0.39 is 0 Å². The largest absolute Gasteiger partial charge is 0.396 e. The lowest BCUT2D eigenvalue weighted by Gasteiger charge is -2.29. The Balaban J connectivity index is 1.90. The zero-order chi connectivity index (χ0) is 9.10. The number of rotatable bonds is 2. The van der Waals surface area contributed by atoms with Crippen LogP contribution in [0.2, 0.25) is 0 Å². The first kappa shape index (κ1) is 9.47. The molecule has 2 aliphatic rings. The summed E-state index contributed by atoms with van der Waals surface area (Å²) in [5, 5.41) is 9.19. The highest BCUT2D eigenvalue weighted by atomic mass is 16.5. The molecule has 0 amide bonds. The van der Waals surface area contributed by atoms with Gasteiger partial charge in [0, 0.05) is 19.1 Å². The Kier molecular flexibility index (Phi) is 3.23. The summed E-state index contributed by atoms with van der Waals surface area (Å²) in [5.41, 5.74) is 0. The number of hydrogen-bond donors (Lipinski definition) is 1. The number of ether oxygens (including phenoxy) is 1. The van der Waals surface area contributed by atoms with Gasteiger partial charge in [-0.2, -0.15) is 0 Å². The molecule has 0 aromatic heterocycles. The Morgan fingerprint density at radius 3 is 2.54 bits per heavy atom. The van der Waals surface area contributed by atoms with Crippen molar-refractivity contribution in [3.05, 3.63) is 0 Å². The minimum Gasteiger partial charge on any atom is -0.396 e. The maximum atomic E-state index is 9.19. The molecule has 1 aliphatic heterocycles. The van der Waals surface area contributed by atoms with Gasteiger partial charge in [-0.1, -0.05) is 19.3 Å². The first-order chi connectivity index (χ1) is 6.42. The van der Waals surface area contributed by atoms with Crippen molar-refractivity contribution < 1.29 is 9.84 Å². The lowest BCUT2D eigenvalue weighted by molar-refractivity contribution is 0.0140. The van der Waals surface area contributed by atoms with E-state index in [9.17, 15) is 5.11 Å². The SMILES string of the molecule is OCC1CCOC1C1CCCCC1. The van der Waals surface area contributed by atoms with E-state index in [1.807, 2.05) is 0 Å². The number of aliphatic hydroxyl groups is 1. The summed E-state index contributed by atoms with van der Waals surface area (Å²) in [5.74, 6) is 1.18. The van der Waals surface area contributed by atoms with Crippen molar-refractivity contribution in [3.63, 3.8) is 0 Å². The lowest BCUT2D eigenvalue weighted by atomic mass is 9.81. The molecule has 2 heteroatoms. The molecule has 1 aliphatic carbocycles. The van der Waals surface area contributed by atoms with Crippen LogP contribution in [-0.2, 0) is 4.74 Å². The minimum absolute atomic E-state index is 0.321. The van der Waals surface area contributed by atoms with Gasteiger partial charge in [0.2, 0.25) is 0 Å². The molecule has 2 unspecified atom stereocenters. The highest BCUT2D eigenvalue weighted by Crippen LogP contribution is 2.35. The fraction of sp³-hybridized carbons (Fsp3) is 1.00. The van der Waals surface area contributed by atoms with Gasteiger partial charge < -0.3 is 9.84 Å². The summed E-state index contributed by atoms with van der Waals surface area (Å²) in [6.45, 7) is 1.19. The van der Waals surface area contributed by atoms with Gasteiger partial charge in [-0.15, -0.1) is 0 Å². The third kappa shape index (κ3) is 2.05. The van der Waals surface area contributed by atoms with Crippen molar-refractivity contribution in [1.29, 1.82) is 0 Å². The molecule has 2 rings (SSSR count). The van der Waals surface area contributed by atoms with Gasteiger partial charge in [0.25, 0.3) is 0 Å². The van der Waals surface area contributed by atoms with Crippen LogP contribution < -0.4 is 0 Å². The van der Waals surface area contributed by atoms with Crippen molar-refractivity contribution in [3.8, 4) is 0 Å². The molecule has 2 fully saturated rings. The molecule has 0 aromatic rings. The van der Waals surface area contributed by atoms with Crippen LogP contribution in [0.4, 0.5) is 0 Å². The predicted octanol–water partition coefficient (Wildman–Crippen LogP) is 1.96. The average Bonchev–Trinajstić information content (AvgIpc) is 2.67. The second-order valence-corrected chi connectivity index (χ2v) is 4.46. The molecule has 0 radical (unpaired) electrons. The van der Waals surface area contributed by atoms with Gasteiger partial charge in [-0.25, -0.2) is 0 Å². The number of hydrogen-bond acceptors (Lipinski definition) is 2. The van der Waals surface area contributed by atoms with Gasteiger partial charge >= 0.3 is 0 Å². The molecule has 13 heavy (non-hydrogen) atoms. The monoisotopic (exact) mass is 184 g/mol. The van der Waals surface area contributed by atoms with Gasteiger partial charge in [0.1, 0.15) is 0 Å². The molecule has 1 N–H and O–H groups in total. The van der Waals surface area contributed by atoms with Crippen molar-refractivity contribution in [2.75, 3.05) is 13.2 Å². The third-order valence-corrected chi connectivity index (χ3v) is 3.61. The van der Waals surface area contributed by atoms with Crippen molar-refractivity contribution >= 4 is 0 Å². The molecular formula is C11H20O2. The Labute approximate surface area is 80.3 Å². The Bertz CT molecular complexity index is 152. The van der Waals surface area contributed by atoms with Crippen LogP contribution in [0.1, 0.15) is 38.5 Å². The molecule has 2 atom stereocenters. The highest BCUT2D eigenvalue weighted by molar-refractivity contribution is 4.83. The summed E-state index contributed by atoms with van der Waals surface area (Å²) in [6.07, 6.45) is 8.21. The van der Waals surface area contributed by atoms with Crippen LogP contribution in [0, 0.1) is 11.8 Å². The molecule has 0 spiro atoms. The topological polar surface area (TPSA) is 29.5 Å². The molecule has 1 saturated carbocycles. The first-order valence-electron chi connectivity index (χ1n) is 5.64. The molecule has 2 nitrogen and oxygen atoms in total. The fourth-order valence-electron chi connectivity index (χ4n) is 2.83. The summed E-state index contributed by atoms with van der Waals surface area (Å²) >= 11 is 0. The standard InChI is InChI=1S/C11H20O2/c12-8-10-6-7-13-11(10)9-4-2-1-3-5-9/h9-12H,1-8H2. The second kappa shape index (κ2) is 4.43. The van der Waals surface area contributed by atoms with Gasteiger partial charge in [0.15, 0.2) is 0 Å². The van der Waals surface area contributed by atoms with Crippen LogP contribution in [-0.4, -0.2) is 24.4 Å². The van der Waals surface area contributed by atoms with Crippen molar-refractivity contribution in [1.82, 2.24) is 0 Å². The maximum absolute atomic E-state index is 9.19. The Morgan fingerprint density at radius 2 is 1.85 bits per heavy atom. The predicted molar refractivity (Wildman–Crippen MR) is 51.5 cm³/mol. The fourth-order valence-corrected chi connectivity index (χ4v) is 2.83. The van der Waals surface area contributed by atoms with E-state index in [0.717, 1.165) is 18.9 Å². The lowest BCUT2D eigenvalue weighted by Crippen LogP contribution is -2.29. The summed E-state index contributed by atoms with van der Waals surface area (Å²) in [4.78, 5) is 0. The molecule has 0 aromatic carbocycles. The second-order valence-electron chi connectivity index (χ2n) is 4.46. The summed E-state index contributed by atoms with van der Waals surface area (Å²) in [7, 11) is 0. The van der Waals surface area contributed by atoms with Crippen LogP contribution >= 0.6 is 0 Å². The summed E-state index contributed by atoms with van der Waals surface area (Å²) < 4.78 is 5.74. The minimum atomic E-state index is 0.321. The van der Waals surface area contributed by atoms with E-state index in [-0.39, 0.29) is 0 Å².